The van der Waals surface area contributed by atoms with E-state index in [0.29, 0.717) is 5.57 Å². The van der Waals surface area contributed by atoms with E-state index in [0.717, 1.165) is 4.90 Å². The van der Waals surface area contributed by atoms with Crippen LogP contribution in [0.5, 0.6) is 0 Å². The molecule has 1 aliphatic rings. The number of hydrogen-bond acceptors (Lipinski definition) is 4. The molecule has 0 atom stereocenters. The molecular weight excluding hydrogens is 230 g/mol. The van der Waals surface area contributed by atoms with Gasteiger partial charge in [0.05, 0.1) is 16.8 Å². The summed E-state index contributed by atoms with van der Waals surface area (Å²) >= 11 is 0. The summed E-state index contributed by atoms with van der Waals surface area (Å²) in [5.74, 6) is -0.962. The van der Waals surface area contributed by atoms with Crippen molar-refractivity contribution in [3.63, 3.8) is 0 Å². The van der Waals surface area contributed by atoms with Crippen LogP contribution in [-0.2, 0) is 9.59 Å². The summed E-state index contributed by atoms with van der Waals surface area (Å²) in [6.07, 6.45) is 1.21. The van der Waals surface area contributed by atoms with Gasteiger partial charge in [0.25, 0.3) is 11.8 Å². The molecule has 0 radical (unpaired) electrons. The molecule has 2 amide bonds. The molecule has 1 aromatic rings. The fourth-order valence-corrected chi connectivity index (χ4v) is 1.75. The molecule has 2 rings (SSSR count). The highest BCUT2D eigenvalue weighted by atomic mass is 16.2. The van der Waals surface area contributed by atoms with Gasteiger partial charge in [0.2, 0.25) is 0 Å². The minimum absolute atomic E-state index is 0.0322. The zero-order valence-electron chi connectivity index (χ0n) is 9.47. The lowest BCUT2D eigenvalue weighted by molar-refractivity contribution is -0.120. The molecule has 5 nitrogen and oxygen atoms in total. The number of anilines is 1. The van der Waals surface area contributed by atoms with E-state index in [-0.39, 0.29) is 16.8 Å². The van der Waals surface area contributed by atoms with Gasteiger partial charge in [-0.2, -0.15) is 10.5 Å². The SMILES string of the molecule is CC1=CC(=O)N(c2cccc(C#N)c2C#N)C1=O. The molecular formula is C13H7N3O2. The van der Waals surface area contributed by atoms with Crippen molar-refractivity contribution >= 4 is 17.5 Å². The lowest BCUT2D eigenvalue weighted by Gasteiger charge is -2.16. The first-order valence-corrected chi connectivity index (χ1v) is 5.10. The van der Waals surface area contributed by atoms with Crippen molar-refractivity contribution < 1.29 is 9.59 Å². The van der Waals surface area contributed by atoms with E-state index in [4.69, 9.17) is 10.5 Å². The maximum Gasteiger partial charge on any atom is 0.261 e. The predicted molar refractivity (Wildman–Crippen MR) is 62.1 cm³/mol. The summed E-state index contributed by atoms with van der Waals surface area (Å²) in [5.41, 5.74) is 0.635. The second-order valence-corrected chi connectivity index (χ2v) is 3.73. The molecule has 0 aromatic heterocycles. The highest BCUT2D eigenvalue weighted by Gasteiger charge is 2.31. The van der Waals surface area contributed by atoms with E-state index < -0.39 is 11.8 Å². The van der Waals surface area contributed by atoms with Crippen LogP contribution in [-0.4, -0.2) is 11.8 Å². The Morgan fingerprint density at radius 3 is 2.39 bits per heavy atom. The minimum atomic E-state index is -0.496. The average molecular weight is 237 g/mol. The Kier molecular flexibility index (Phi) is 2.67. The molecule has 0 saturated heterocycles. The van der Waals surface area contributed by atoms with Crippen LogP contribution in [0.1, 0.15) is 18.1 Å². The number of nitriles is 2. The van der Waals surface area contributed by atoms with Crippen LogP contribution < -0.4 is 4.90 Å². The Hall–Kier alpha value is -2.92. The molecule has 0 aliphatic carbocycles. The number of imide groups is 1. The third-order valence-electron chi connectivity index (χ3n) is 2.62. The molecule has 1 heterocycles. The van der Waals surface area contributed by atoms with Crippen LogP contribution in [0.25, 0.3) is 0 Å². The van der Waals surface area contributed by atoms with E-state index in [1.165, 1.54) is 31.2 Å². The van der Waals surface area contributed by atoms with E-state index >= 15 is 0 Å². The van der Waals surface area contributed by atoms with Gasteiger partial charge in [0.15, 0.2) is 0 Å². The van der Waals surface area contributed by atoms with E-state index in [1.807, 2.05) is 12.1 Å². The third-order valence-corrected chi connectivity index (χ3v) is 2.62. The van der Waals surface area contributed by atoms with Gasteiger partial charge in [0, 0.05) is 11.6 Å². The largest absolute Gasteiger partial charge is 0.269 e. The maximum atomic E-state index is 11.8. The molecule has 0 unspecified atom stereocenters. The average Bonchev–Trinajstić information content (AvgIpc) is 2.62. The van der Waals surface area contributed by atoms with Crippen LogP contribution in [0.4, 0.5) is 5.69 Å². The van der Waals surface area contributed by atoms with Crippen molar-refractivity contribution in [2.45, 2.75) is 6.92 Å². The number of carbonyl (C=O) groups excluding carboxylic acids is 2. The first-order valence-electron chi connectivity index (χ1n) is 5.10. The molecule has 0 bridgehead atoms. The Balaban J connectivity index is 2.62. The molecule has 0 spiro atoms. The first kappa shape index (κ1) is 11.6. The second-order valence-electron chi connectivity index (χ2n) is 3.73. The van der Waals surface area contributed by atoms with Crippen molar-refractivity contribution in [3.05, 3.63) is 41.0 Å². The van der Waals surface area contributed by atoms with Gasteiger partial charge in [-0.3, -0.25) is 9.59 Å². The summed E-state index contributed by atoms with van der Waals surface area (Å²) < 4.78 is 0. The molecule has 18 heavy (non-hydrogen) atoms. The molecule has 0 saturated carbocycles. The van der Waals surface area contributed by atoms with Crippen molar-refractivity contribution in [2.24, 2.45) is 0 Å². The number of carbonyl (C=O) groups is 2. The predicted octanol–water partition coefficient (Wildman–Crippen LogP) is 1.25. The van der Waals surface area contributed by atoms with E-state index in [9.17, 15) is 9.59 Å². The highest BCUT2D eigenvalue weighted by molar-refractivity contribution is 6.30. The Labute approximate surface area is 103 Å². The summed E-state index contributed by atoms with van der Waals surface area (Å²) in [4.78, 5) is 24.4. The zero-order chi connectivity index (χ0) is 13.3. The summed E-state index contributed by atoms with van der Waals surface area (Å²) in [7, 11) is 0. The van der Waals surface area contributed by atoms with Crippen LogP contribution in [0.2, 0.25) is 0 Å². The number of hydrogen-bond donors (Lipinski definition) is 0. The quantitative estimate of drug-likeness (QED) is 0.688. The van der Waals surface area contributed by atoms with Crippen LogP contribution >= 0.6 is 0 Å². The Morgan fingerprint density at radius 2 is 1.89 bits per heavy atom. The van der Waals surface area contributed by atoms with Gasteiger partial charge in [-0.05, 0) is 19.1 Å². The fraction of sp³-hybridized carbons (Fsp3) is 0.0769. The number of amides is 2. The maximum absolute atomic E-state index is 11.8. The van der Waals surface area contributed by atoms with Gasteiger partial charge in [-0.15, -0.1) is 0 Å². The van der Waals surface area contributed by atoms with Crippen LogP contribution in [0.3, 0.4) is 0 Å². The van der Waals surface area contributed by atoms with Gasteiger partial charge in [-0.1, -0.05) is 6.07 Å². The van der Waals surface area contributed by atoms with Crippen molar-refractivity contribution in [3.8, 4) is 12.1 Å². The molecule has 5 heteroatoms. The van der Waals surface area contributed by atoms with Gasteiger partial charge < -0.3 is 0 Å². The topological polar surface area (TPSA) is 85.0 Å². The van der Waals surface area contributed by atoms with Crippen molar-refractivity contribution in [2.75, 3.05) is 4.90 Å². The van der Waals surface area contributed by atoms with Gasteiger partial charge >= 0.3 is 0 Å². The van der Waals surface area contributed by atoms with Crippen molar-refractivity contribution in [1.29, 1.82) is 10.5 Å². The lowest BCUT2D eigenvalue weighted by atomic mass is 10.1. The van der Waals surface area contributed by atoms with Gasteiger partial charge in [-0.25, -0.2) is 4.90 Å². The number of rotatable bonds is 1. The summed E-state index contributed by atoms with van der Waals surface area (Å²) in [5, 5.41) is 18.0. The molecule has 0 N–H and O–H groups in total. The number of nitrogens with zero attached hydrogens (tertiary/aromatic N) is 3. The smallest absolute Gasteiger partial charge is 0.261 e. The second kappa shape index (κ2) is 4.15. The van der Waals surface area contributed by atoms with E-state index in [2.05, 4.69) is 0 Å². The Bertz CT molecular complexity index is 674. The molecule has 0 fully saturated rings. The Morgan fingerprint density at radius 1 is 1.17 bits per heavy atom. The molecule has 1 aromatic carbocycles. The summed E-state index contributed by atoms with van der Waals surface area (Å²) in [6, 6.07) is 8.19. The summed E-state index contributed by atoms with van der Waals surface area (Å²) in [6.45, 7) is 1.53. The third kappa shape index (κ3) is 1.55. The van der Waals surface area contributed by atoms with E-state index in [1.54, 1.807) is 0 Å². The molecule has 86 valence electrons. The zero-order valence-corrected chi connectivity index (χ0v) is 9.47. The van der Waals surface area contributed by atoms with Crippen LogP contribution in [0, 0.1) is 22.7 Å². The highest BCUT2D eigenvalue weighted by Crippen LogP contribution is 2.27. The monoisotopic (exact) mass is 237 g/mol. The normalized spacial score (nSPS) is 14.2. The molecule has 1 aliphatic heterocycles. The van der Waals surface area contributed by atoms with Crippen molar-refractivity contribution in [1.82, 2.24) is 0 Å². The first-order chi connectivity index (χ1) is 8.60. The van der Waals surface area contributed by atoms with Gasteiger partial charge in [0.1, 0.15) is 12.1 Å². The standard InChI is InChI=1S/C13H7N3O2/c1-8-5-12(17)16(13(8)18)11-4-2-3-9(6-14)10(11)7-15/h2-5H,1H3. The number of benzene rings is 1. The fourth-order valence-electron chi connectivity index (χ4n) is 1.75. The van der Waals surface area contributed by atoms with Crippen LogP contribution in [0.15, 0.2) is 29.8 Å². The lowest BCUT2D eigenvalue weighted by Crippen LogP contribution is -2.31. The minimum Gasteiger partial charge on any atom is -0.269 e.